The summed E-state index contributed by atoms with van der Waals surface area (Å²) in [5.74, 6) is 1.97. The Hall–Kier alpha value is -3.48. The Balaban J connectivity index is 1.60. The highest BCUT2D eigenvalue weighted by atomic mass is 16.5. The van der Waals surface area contributed by atoms with Gasteiger partial charge < -0.3 is 19.5 Å². The molecular weight excluding hydrogens is 394 g/mol. The number of rotatable bonds is 10. The van der Waals surface area contributed by atoms with Crippen molar-refractivity contribution in [2.24, 2.45) is 0 Å². The molecule has 1 aromatic heterocycles. The molecule has 0 fully saturated rings. The van der Waals surface area contributed by atoms with Crippen LogP contribution in [0.25, 0.3) is 0 Å². The lowest BCUT2D eigenvalue weighted by atomic mass is 10.2. The highest BCUT2D eigenvalue weighted by molar-refractivity contribution is 6.04. The van der Waals surface area contributed by atoms with Crippen LogP contribution < -0.4 is 19.5 Å². The van der Waals surface area contributed by atoms with Crippen LogP contribution in [0.3, 0.4) is 0 Å². The standard InChI is InChI=1S/C24H29N3O4/c1-5-27-17(4)21(15-25-27)24(28)26-19-9-11-20(12-10-19)31-16-18-8-13-22(29-6-2)23(14-18)30-7-3/h8-15H,5-7,16H2,1-4H3,(H,26,28). The van der Waals surface area contributed by atoms with Crippen molar-refractivity contribution >= 4 is 11.6 Å². The average Bonchev–Trinajstić information content (AvgIpc) is 3.15. The summed E-state index contributed by atoms with van der Waals surface area (Å²) in [5, 5.41) is 7.12. The Morgan fingerprint density at radius 1 is 0.968 bits per heavy atom. The molecule has 31 heavy (non-hydrogen) atoms. The van der Waals surface area contributed by atoms with Crippen molar-refractivity contribution in [2.45, 2.75) is 40.8 Å². The van der Waals surface area contributed by atoms with E-state index in [0.29, 0.717) is 42.6 Å². The molecule has 0 bridgehead atoms. The second-order valence-electron chi connectivity index (χ2n) is 6.87. The number of nitrogens with one attached hydrogen (secondary N) is 1. The van der Waals surface area contributed by atoms with Crippen molar-refractivity contribution in [3.8, 4) is 17.2 Å². The summed E-state index contributed by atoms with van der Waals surface area (Å²) in [6, 6.07) is 13.1. The van der Waals surface area contributed by atoms with Crippen LogP contribution in [-0.4, -0.2) is 28.9 Å². The smallest absolute Gasteiger partial charge is 0.259 e. The molecule has 1 amide bonds. The number of nitrogens with zero attached hydrogens (tertiary/aromatic N) is 2. The normalized spacial score (nSPS) is 10.6. The highest BCUT2D eigenvalue weighted by Crippen LogP contribution is 2.29. The van der Waals surface area contributed by atoms with Crippen LogP contribution in [0.5, 0.6) is 17.2 Å². The summed E-state index contributed by atoms with van der Waals surface area (Å²) in [4.78, 5) is 12.5. The molecular formula is C24H29N3O4. The first-order valence-corrected chi connectivity index (χ1v) is 10.5. The average molecular weight is 424 g/mol. The largest absolute Gasteiger partial charge is 0.490 e. The zero-order valence-electron chi connectivity index (χ0n) is 18.5. The molecule has 7 heteroatoms. The van der Waals surface area contributed by atoms with Gasteiger partial charge >= 0.3 is 0 Å². The minimum atomic E-state index is -0.177. The number of aryl methyl sites for hydroxylation is 1. The molecule has 0 saturated heterocycles. The van der Waals surface area contributed by atoms with E-state index in [2.05, 4.69) is 10.4 Å². The first-order valence-electron chi connectivity index (χ1n) is 10.5. The van der Waals surface area contributed by atoms with Gasteiger partial charge in [0.05, 0.1) is 25.0 Å². The summed E-state index contributed by atoms with van der Waals surface area (Å²) in [6.45, 7) is 10.0. The van der Waals surface area contributed by atoms with E-state index in [9.17, 15) is 4.79 Å². The number of amides is 1. The van der Waals surface area contributed by atoms with Crippen molar-refractivity contribution in [2.75, 3.05) is 18.5 Å². The van der Waals surface area contributed by atoms with Crippen LogP contribution in [0.1, 0.15) is 42.4 Å². The van der Waals surface area contributed by atoms with Gasteiger partial charge in [0.2, 0.25) is 0 Å². The molecule has 0 saturated carbocycles. The van der Waals surface area contributed by atoms with Gasteiger partial charge in [0.25, 0.3) is 5.91 Å². The number of carbonyl (C=O) groups is 1. The topological polar surface area (TPSA) is 74.6 Å². The van der Waals surface area contributed by atoms with Crippen molar-refractivity contribution in [3.63, 3.8) is 0 Å². The second kappa shape index (κ2) is 10.5. The number of anilines is 1. The van der Waals surface area contributed by atoms with Gasteiger partial charge in [-0.1, -0.05) is 6.07 Å². The van der Waals surface area contributed by atoms with Gasteiger partial charge in [0.15, 0.2) is 11.5 Å². The van der Waals surface area contributed by atoms with Crippen LogP contribution in [0, 0.1) is 6.92 Å². The first kappa shape index (κ1) is 22.2. The first-order chi connectivity index (χ1) is 15.0. The van der Waals surface area contributed by atoms with Crippen molar-refractivity contribution in [1.29, 1.82) is 0 Å². The molecule has 0 aliphatic rings. The number of aromatic nitrogens is 2. The molecule has 0 aliphatic heterocycles. The highest BCUT2D eigenvalue weighted by Gasteiger charge is 2.14. The summed E-state index contributed by atoms with van der Waals surface area (Å²) < 4.78 is 18.9. The third-order valence-electron chi connectivity index (χ3n) is 4.77. The fourth-order valence-corrected chi connectivity index (χ4v) is 3.17. The maximum Gasteiger partial charge on any atom is 0.259 e. The zero-order valence-corrected chi connectivity index (χ0v) is 18.5. The van der Waals surface area contributed by atoms with Gasteiger partial charge in [-0.15, -0.1) is 0 Å². The molecule has 2 aromatic carbocycles. The predicted octanol–water partition coefficient (Wildman–Crippen LogP) is 4.84. The third kappa shape index (κ3) is 5.57. The maximum atomic E-state index is 12.5. The Labute approximate surface area is 182 Å². The van der Waals surface area contributed by atoms with E-state index in [1.54, 1.807) is 10.9 Å². The molecule has 0 spiro atoms. The SMILES string of the molecule is CCOc1ccc(COc2ccc(NC(=O)c3cnn(CC)c3C)cc2)cc1OCC. The van der Waals surface area contributed by atoms with E-state index in [1.807, 2.05) is 70.2 Å². The Morgan fingerprint density at radius 3 is 2.32 bits per heavy atom. The summed E-state index contributed by atoms with van der Waals surface area (Å²) in [7, 11) is 0. The minimum Gasteiger partial charge on any atom is -0.490 e. The van der Waals surface area contributed by atoms with E-state index in [-0.39, 0.29) is 5.91 Å². The van der Waals surface area contributed by atoms with Gasteiger partial charge in [-0.05, 0) is 69.7 Å². The molecule has 1 N–H and O–H groups in total. The Morgan fingerprint density at radius 2 is 1.68 bits per heavy atom. The van der Waals surface area contributed by atoms with E-state index in [0.717, 1.165) is 23.6 Å². The monoisotopic (exact) mass is 423 g/mol. The third-order valence-corrected chi connectivity index (χ3v) is 4.77. The van der Waals surface area contributed by atoms with Gasteiger partial charge in [-0.3, -0.25) is 9.48 Å². The molecule has 1 heterocycles. The van der Waals surface area contributed by atoms with Crippen molar-refractivity contribution < 1.29 is 19.0 Å². The lowest BCUT2D eigenvalue weighted by Crippen LogP contribution is -2.13. The number of hydrogen-bond acceptors (Lipinski definition) is 5. The molecule has 0 aliphatic carbocycles. The lowest BCUT2D eigenvalue weighted by molar-refractivity contribution is 0.102. The number of hydrogen-bond donors (Lipinski definition) is 1. The molecule has 7 nitrogen and oxygen atoms in total. The summed E-state index contributed by atoms with van der Waals surface area (Å²) in [5.41, 5.74) is 3.10. The number of benzene rings is 2. The molecule has 0 unspecified atom stereocenters. The minimum absolute atomic E-state index is 0.177. The Kier molecular flexibility index (Phi) is 7.54. The van der Waals surface area contributed by atoms with Crippen molar-refractivity contribution in [3.05, 3.63) is 65.5 Å². The zero-order chi connectivity index (χ0) is 22.2. The summed E-state index contributed by atoms with van der Waals surface area (Å²) in [6.07, 6.45) is 1.60. The molecule has 3 aromatic rings. The van der Waals surface area contributed by atoms with Crippen LogP contribution >= 0.6 is 0 Å². The lowest BCUT2D eigenvalue weighted by Gasteiger charge is -2.13. The van der Waals surface area contributed by atoms with Crippen LogP contribution in [0.2, 0.25) is 0 Å². The van der Waals surface area contributed by atoms with E-state index in [1.165, 1.54) is 0 Å². The van der Waals surface area contributed by atoms with Crippen molar-refractivity contribution in [1.82, 2.24) is 9.78 Å². The van der Waals surface area contributed by atoms with E-state index in [4.69, 9.17) is 14.2 Å². The van der Waals surface area contributed by atoms with Gasteiger partial charge in [0, 0.05) is 17.9 Å². The number of ether oxygens (including phenoxy) is 3. The molecule has 3 rings (SSSR count). The maximum absolute atomic E-state index is 12.5. The van der Waals surface area contributed by atoms with E-state index >= 15 is 0 Å². The molecule has 164 valence electrons. The summed E-state index contributed by atoms with van der Waals surface area (Å²) >= 11 is 0. The predicted molar refractivity (Wildman–Crippen MR) is 120 cm³/mol. The molecule has 0 radical (unpaired) electrons. The van der Waals surface area contributed by atoms with Crippen LogP contribution in [0.15, 0.2) is 48.7 Å². The fourth-order valence-electron chi connectivity index (χ4n) is 3.17. The van der Waals surface area contributed by atoms with Gasteiger partial charge in [-0.25, -0.2) is 0 Å². The molecule has 0 atom stereocenters. The fraction of sp³-hybridized carbons (Fsp3) is 0.333. The quantitative estimate of drug-likeness (QED) is 0.505. The van der Waals surface area contributed by atoms with Gasteiger partial charge in [-0.2, -0.15) is 5.10 Å². The van der Waals surface area contributed by atoms with Crippen LogP contribution in [-0.2, 0) is 13.2 Å². The number of carbonyl (C=O) groups excluding carboxylic acids is 1. The Bertz CT molecular complexity index is 1010. The second-order valence-corrected chi connectivity index (χ2v) is 6.87. The van der Waals surface area contributed by atoms with Gasteiger partial charge in [0.1, 0.15) is 12.4 Å². The van der Waals surface area contributed by atoms with Crippen LogP contribution in [0.4, 0.5) is 5.69 Å². The van der Waals surface area contributed by atoms with E-state index < -0.39 is 0 Å².